The van der Waals surface area contributed by atoms with Crippen LogP contribution in [0.1, 0.15) is 17.1 Å². The van der Waals surface area contributed by atoms with Crippen molar-refractivity contribution in [1.82, 2.24) is 15.3 Å². The Morgan fingerprint density at radius 2 is 2.35 bits per heavy atom. The van der Waals surface area contributed by atoms with Gasteiger partial charge < -0.3 is 15.0 Å². The van der Waals surface area contributed by atoms with E-state index in [0.717, 1.165) is 0 Å². The number of halogens is 2. The van der Waals surface area contributed by atoms with Gasteiger partial charge in [-0.1, -0.05) is 0 Å². The fraction of sp³-hybridized carbons (Fsp3) is 0.600. The van der Waals surface area contributed by atoms with E-state index in [1.54, 1.807) is 0 Å². The molecule has 2 N–H and O–H groups in total. The summed E-state index contributed by atoms with van der Waals surface area (Å²) < 4.78 is 29.0. The van der Waals surface area contributed by atoms with Gasteiger partial charge in [0, 0.05) is 6.42 Å². The summed E-state index contributed by atoms with van der Waals surface area (Å²) in [7, 11) is 0. The monoisotopic (exact) mass is 245 g/mol. The van der Waals surface area contributed by atoms with Gasteiger partial charge in [-0.2, -0.15) is 0 Å². The normalized spacial score (nSPS) is 15.0. The van der Waals surface area contributed by atoms with Crippen molar-refractivity contribution in [3.05, 3.63) is 27.4 Å². The van der Waals surface area contributed by atoms with Crippen LogP contribution < -0.4 is 10.9 Å². The number of nitrogens with zero attached hydrogens (tertiary/aromatic N) is 1. The van der Waals surface area contributed by atoms with Crippen LogP contribution in [0.15, 0.2) is 4.79 Å². The van der Waals surface area contributed by atoms with Crippen LogP contribution in [0.25, 0.3) is 0 Å². The molecule has 5 nitrogen and oxygen atoms in total. The van der Waals surface area contributed by atoms with Crippen LogP contribution in [-0.4, -0.2) is 29.5 Å². The molecule has 0 spiro atoms. The maximum absolute atomic E-state index is 11.9. The van der Waals surface area contributed by atoms with E-state index >= 15 is 0 Å². The summed E-state index contributed by atoms with van der Waals surface area (Å²) in [6, 6.07) is 0. The molecule has 0 aliphatic carbocycles. The summed E-state index contributed by atoms with van der Waals surface area (Å²) in [6.07, 6.45) is -1.83. The molecule has 0 atom stereocenters. The van der Waals surface area contributed by atoms with Gasteiger partial charge in [-0.05, 0) is 0 Å². The topological polar surface area (TPSA) is 67.0 Å². The molecule has 0 radical (unpaired) electrons. The number of nitrogens with one attached hydrogen (secondary N) is 2. The van der Waals surface area contributed by atoms with Gasteiger partial charge in [0.2, 0.25) is 0 Å². The molecule has 0 saturated heterocycles. The first-order valence-corrected chi connectivity index (χ1v) is 5.34. The van der Waals surface area contributed by atoms with Crippen molar-refractivity contribution in [2.45, 2.75) is 26.0 Å². The van der Waals surface area contributed by atoms with Crippen molar-refractivity contribution >= 4 is 0 Å². The number of aromatic amines is 1. The molecule has 0 fully saturated rings. The third kappa shape index (κ3) is 3.07. The highest BCUT2D eigenvalue weighted by Crippen LogP contribution is 2.09. The molecule has 1 aromatic heterocycles. The summed E-state index contributed by atoms with van der Waals surface area (Å²) in [6.45, 7) is 0.521. The SMILES string of the molecule is O=c1[nH]c(CNCC(F)F)nc2c1COCC2. The van der Waals surface area contributed by atoms with Crippen molar-refractivity contribution in [3.63, 3.8) is 0 Å². The number of ether oxygens (including phenoxy) is 1. The summed E-state index contributed by atoms with van der Waals surface area (Å²) >= 11 is 0. The smallest absolute Gasteiger partial charge is 0.256 e. The first kappa shape index (κ1) is 12.1. The van der Waals surface area contributed by atoms with E-state index in [1.807, 2.05) is 0 Å². The fourth-order valence-corrected chi connectivity index (χ4v) is 1.68. The predicted octanol–water partition coefficient (Wildman–Crippen LogP) is 0.197. The quantitative estimate of drug-likeness (QED) is 0.795. The van der Waals surface area contributed by atoms with Gasteiger partial charge in [0.05, 0.1) is 37.6 Å². The highest BCUT2D eigenvalue weighted by Gasteiger charge is 2.15. The molecule has 0 aromatic carbocycles. The second-order valence-electron chi connectivity index (χ2n) is 3.76. The average Bonchev–Trinajstić information content (AvgIpc) is 2.28. The fourth-order valence-electron chi connectivity index (χ4n) is 1.68. The highest BCUT2D eigenvalue weighted by molar-refractivity contribution is 5.19. The van der Waals surface area contributed by atoms with Crippen molar-refractivity contribution in [3.8, 4) is 0 Å². The third-order valence-electron chi connectivity index (χ3n) is 2.47. The van der Waals surface area contributed by atoms with E-state index in [-0.39, 0.29) is 18.7 Å². The minimum atomic E-state index is -2.41. The Morgan fingerprint density at radius 1 is 1.53 bits per heavy atom. The minimum absolute atomic E-state index is 0.133. The predicted molar refractivity (Wildman–Crippen MR) is 55.9 cm³/mol. The lowest BCUT2D eigenvalue weighted by Gasteiger charge is -2.15. The Balaban J connectivity index is 2.09. The van der Waals surface area contributed by atoms with Crippen molar-refractivity contribution in [2.75, 3.05) is 13.2 Å². The Kier molecular flexibility index (Phi) is 3.80. The minimum Gasteiger partial charge on any atom is -0.376 e. The molecule has 2 rings (SSSR count). The number of rotatable bonds is 4. The first-order chi connectivity index (χ1) is 8.16. The lowest BCUT2D eigenvalue weighted by molar-refractivity contribution is 0.107. The van der Waals surface area contributed by atoms with E-state index in [2.05, 4.69) is 15.3 Å². The first-order valence-electron chi connectivity index (χ1n) is 5.34. The zero-order chi connectivity index (χ0) is 12.3. The second kappa shape index (κ2) is 5.33. The van der Waals surface area contributed by atoms with E-state index < -0.39 is 13.0 Å². The molecule has 0 unspecified atom stereocenters. The second-order valence-corrected chi connectivity index (χ2v) is 3.76. The lowest BCUT2D eigenvalue weighted by Crippen LogP contribution is -2.28. The van der Waals surface area contributed by atoms with Crippen LogP contribution in [0.5, 0.6) is 0 Å². The van der Waals surface area contributed by atoms with Crippen LogP contribution >= 0.6 is 0 Å². The van der Waals surface area contributed by atoms with Gasteiger partial charge in [0.15, 0.2) is 0 Å². The standard InChI is InChI=1S/C10H13F2N3O2/c11-8(12)3-13-4-9-14-7-1-2-17-5-6(7)10(16)15-9/h8,13H,1-5H2,(H,14,15,16). The van der Waals surface area contributed by atoms with E-state index in [4.69, 9.17) is 4.74 Å². The van der Waals surface area contributed by atoms with E-state index in [1.165, 1.54) is 0 Å². The molecule has 17 heavy (non-hydrogen) atoms. The molecule has 1 aliphatic rings. The maximum atomic E-state index is 11.9. The largest absolute Gasteiger partial charge is 0.376 e. The van der Waals surface area contributed by atoms with Crippen molar-refractivity contribution in [2.24, 2.45) is 0 Å². The third-order valence-corrected chi connectivity index (χ3v) is 2.47. The molecule has 1 aliphatic heterocycles. The number of alkyl halides is 2. The van der Waals surface area contributed by atoms with Gasteiger partial charge in [0.25, 0.3) is 12.0 Å². The Hall–Kier alpha value is -1.34. The van der Waals surface area contributed by atoms with Gasteiger partial charge in [-0.25, -0.2) is 13.8 Å². The number of fused-ring (bicyclic) bond motifs is 1. The molecule has 7 heteroatoms. The number of hydrogen-bond acceptors (Lipinski definition) is 4. The molecule has 0 saturated carbocycles. The highest BCUT2D eigenvalue weighted by atomic mass is 19.3. The zero-order valence-electron chi connectivity index (χ0n) is 9.13. The van der Waals surface area contributed by atoms with Gasteiger partial charge >= 0.3 is 0 Å². The van der Waals surface area contributed by atoms with Gasteiger partial charge in [-0.15, -0.1) is 0 Å². The summed E-state index contributed by atoms with van der Waals surface area (Å²) in [4.78, 5) is 18.4. The summed E-state index contributed by atoms with van der Waals surface area (Å²) in [5.74, 6) is 0.385. The molecular weight excluding hydrogens is 232 g/mol. The van der Waals surface area contributed by atoms with Crippen LogP contribution in [0.4, 0.5) is 8.78 Å². The number of hydrogen-bond donors (Lipinski definition) is 2. The van der Waals surface area contributed by atoms with Crippen LogP contribution in [0.2, 0.25) is 0 Å². The van der Waals surface area contributed by atoms with Crippen LogP contribution in [0, 0.1) is 0 Å². The maximum Gasteiger partial charge on any atom is 0.256 e. The molecule has 0 amide bonds. The van der Waals surface area contributed by atoms with Crippen LogP contribution in [0.3, 0.4) is 0 Å². The molecule has 0 bridgehead atoms. The Labute approximate surface area is 96.2 Å². The number of aromatic nitrogens is 2. The molecule has 2 heterocycles. The van der Waals surface area contributed by atoms with Crippen molar-refractivity contribution < 1.29 is 13.5 Å². The number of H-pyrrole nitrogens is 1. The van der Waals surface area contributed by atoms with E-state index in [9.17, 15) is 13.6 Å². The molecule has 1 aromatic rings. The Bertz CT molecular complexity index is 448. The van der Waals surface area contributed by atoms with Crippen molar-refractivity contribution in [1.29, 1.82) is 0 Å². The van der Waals surface area contributed by atoms with Gasteiger partial charge in [0.1, 0.15) is 5.82 Å². The van der Waals surface area contributed by atoms with Crippen LogP contribution in [-0.2, 0) is 24.3 Å². The summed E-state index contributed by atoms with van der Waals surface area (Å²) in [5.41, 5.74) is 0.992. The zero-order valence-corrected chi connectivity index (χ0v) is 9.13. The molecular formula is C10H13F2N3O2. The average molecular weight is 245 g/mol. The summed E-state index contributed by atoms with van der Waals surface area (Å²) in [5, 5.41) is 2.52. The van der Waals surface area contributed by atoms with E-state index in [0.29, 0.717) is 30.1 Å². The molecule has 94 valence electrons. The Morgan fingerprint density at radius 3 is 3.12 bits per heavy atom. The van der Waals surface area contributed by atoms with Gasteiger partial charge in [-0.3, -0.25) is 4.79 Å². The lowest BCUT2D eigenvalue weighted by atomic mass is 10.1.